The van der Waals surface area contributed by atoms with Crippen LogP contribution in [0.1, 0.15) is 24.7 Å². The number of amides is 3. The molecule has 1 fully saturated rings. The molecule has 2 N–H and O–H groups in total. The lowest BCUT2D eigenvalue weighted by Gasteiger charge is -2.21. The molecule has 3 rings (SSSR count). The van der Waals surface area contributed by atoms with Crippen LogP contribution in [0.15, 0.2) is 4.79 Å². The summed E-state index contributed by atoms with van der Waals surface area (Å²) in [5.41, 5.74) is -0.277. The van der Waals surface area contributed by atoms with Crippen LogP contribution >= 0.6 is 0 Å². The normalized spacial score (nSPS) is 23.2. The van der Waals surface area contributed by atoms with E-state index in [1.54, 1.807) is 4.57 Å². The van der Waals surface area contributed by atoms with Gasteiger partial charge in [0.1, 0.15) is 5.82 Å². The average molecular weight is 251 g/mol. The molecule has 96 valence electrons. The first-order chi connectivity index (χ1) is 8.66. The van der Waals surface area contributed by atoms with Gasteiger partial charge in [-0.25, -0.2) is 9.59 Å². The Morgan fingerprint density at radius 2 is 2.06 bits per heavy atom. The van der Waals surface area contributed by atoms with Crippen molar-refractivity contribution in [3.05, 3.63) is 16.3 Å². The van der Waals surface area contributed by atoms with Gasteiger partial charge in [0.05, 0.1) is 6.54 Å². The number of urea groups is 1. The van der Waals surface area contributed by atoms with Gasteiger partial charge >= 0.3 is 11.7 Å². The summed E-state index contributed by atoms with van der Waals surface area (Å²) >= 11 is 0. The minimum atomic E-state index is -0.756. The van der Waals surface area contributed by atoms with Crippen molar-refractivity contribution in [2.75, 3.05) is 6.54 Å². The van der Waals surface area contributed by atoms with Crippen molar-refractivity contribution < 1.29 is 9.59 Å². The van der Waals surface area contributed by atoms with Crippen molar-refractivity contribution in [2.24, 2.45) is 0 Å². The van der Waals surface area contributed by atoms with E-state index < -0.39 is 18.0 Å². The van der Waals surface area contributed by atoms with E-state index in [1.165, 1.54) is 4.68 Å². The number of aromatic nitrogens is 3. The SMILES string of the molecule is O=C1NCC(n2nc3n(c2=O)CCCC3)C(=O)N1. The minimum absolute atomic E-state index is 0.0982. The van der Waals surface area contributed by atoms with Crippen LogP contribution in [0.4, 0.5) is 4.79 Å². The molecule has 0 aromatic carbocycles. The molecule has 2 aliphatic heterocycles. The third-order valence-corrected chi connectivity index (χ3v) is 3.28. The molecule has 3 amide bonds. The van der Waals surface area contributed by atoms with Crippen LogP contribution in [0.3, 0.4) is 0 Å². The Hall–Kier alpha value is -2.12. The molecular weight excluding hydrogens is 238 g/mol. The highest BCUT2D eigenvalue weighted by atomic mass is 16.2. The molecule has 0 aliphatic carbocycles. The number of nitrogens with zero attached hydrogens (tertiary/aromatic N) is 3. The second-order valence-electron chi connectivity index (χ2n) is 4.47. The van der Waals surface area contributed by atoms with Crippen molar-refractivity contribution in [1.82, 2.24) is 25.0 Å². The van der Waals surface area contributed by atoms with Crippen LogP contribution in [0.5, 0.6) is 0 Å². The number of fused-ring (bicyclic) bond motifs is 1. The maximum Gasteiger partial charge on any atom is 0.346 e. The highest BCUT2D eigenvalue weighted by molar-refractivity contribution is 5.98. The fourth-order valence-electron chi connectivity index (χ4n) is 2.34. The summed E-state index contributed by atoms with van der Waals surface area (Å²) in [5, 5.41) is 8.83. The van der Waals surface area contributed by atoms with Crippen LogP contribution < -0.4 is 16.3 Å². The largest absolute Gasteiger partial charge is 0.346 e. The predicted molar refractivity (Wildman–Crippen MR) is 60.0 cm³/mol. The van der Waals surface area contributed by atoms with Gasteiger partial charge in [0.25, 0.3) is 5.91 Å². The van der Waals surface area contributed by atoms with Gasteiger partial charge in [-0.3, -0.25) is 14.7 Å². The van der Waals surface area contributed by atoms with Gasteiger partial charge in [0, 0.05) is 13.0 Å². The number of hydrogen-bond acceptors (Lipinski definition) is 4. The second kappa shape index (κ2) is 3.97. The number of rotatable bonds is 1. The fourth-order valence-corrected chi connectivity index (χ4v) is 2.34. The predicted octanol–water partition coefficient (Wildman–Crippen LogP) is -1.24. The highest BCUT2D eigenvalue weighted by Crippen LogP contribution is 2.12. The summed E-state index contributed by atoms with van der Waals surface area (Å²) in [5.74, 6) is 0.229. The Balaban J connectivity index is 1.97. The number of aryl methyl sites for hydroxylation is 1. The number of hydrogen-bond donors (Lipinski definition) is 2. The Labute approximate surface area is 102 Å². The molecule has 1 aromatic rings. The molecule has 0 saturated carbocycles. The molecule has 18 heavy (non-hydrogen) atoms. The zero-order valence-corrected chi connectivity index (χ0v) is 9.68. The monoisotopic (exact) mass is 251 g/mol. The molecule has 2 aliphatic rings. The fraction of sp³-hybridized carbons (Fsp3) is 0.600. The maximum atomic E-state index is 12.1. The zero-order chi connectivity index (χ0) is 12.7. The van der Waals surface area contributed by atoms with Gasteiger partial charge in [-0.15, -0.1) is 0 Å². The summed E-state index contributed by atoms with van der Waals surface area (Å²) in [6.07, 6.45) is 2.71. The smallest absolute Gasteiger partial charge is 0.335 e. The van der Waals surface area contributed by atoms with Crippen molar-refractivity contribution >= 4 is 11.9 Å². The number of carbonyl (C=O) groups is 2. The first-order valence-electron chi connectivity index (χ1n) is 5.94. The Morgan fingerprint density at radius 1 is 1.22 bits per heavy atom. The van der Waals surface area contributed by atoms with Crippen molar-refractivity contribution in [2.45, 2.75) is 31.8 Å². The van der Waals surface area contributed by atoms with Gasteiger partial charge in [-0.1, -0.05) is 0 Å². The topological polar surface area (TPSA) is 98.0 Å². The van der Waals surface area contributed by atoms with E-state index in [-0.39, 0.29) is 12.2 Å². The van der Waals surface area contributed by atoms with Gasteiger partial charge in [0.2, 0.25) is 0 Å². The Kier molecular flexibility index (Phi) is 2.42. The molecular formula is C10H13N5O3. The highest BCUT2D eigenvalue weighted by Gasteiger charge is 2.31. The summed E-state index contributed by atoms with van der Waals surface area (Å²) < 4.78 is 2.78. The molecule has 8 heteroatoms. The molecule has 1 atom stereocenters. The lowest BCUT2D eigenvalue weighted by atomic mass is 10.2. The van der Waals surface area contributed by atoms with Crippen molar-refractivity contribution in [3.8, 4) is 0 Å². The van der Waals surface area contributed by atoms with Gasteiger partial charge in [-0.2, -0.15) is 9.78 Å². The van der Waals surface area contributed by atoms with E-state index in [1.807, 2.05) is 0 Å². The molecule has 1 unspecified atom stereocenters. The minimum Gasteiger partial charge on any atom is -0.335 e. The Morgan fingerprint density at radius 3 is 2.78 bits per heavy atom. The van der Waals surface area contributed by atoms with E-state index in [0.29, 0.717) is 6.54 Å². The van der Waals surface area contributed by atoms with Gasteiger partial charge in [-0.05, 0) is 12.8 Å². The zero-order valence-electron chi connectivity index (χ0n) is 9.68. The maximum absolute atomic E-state index is 12.1. The second-order valence-corrected chi connectivity index (χ2v) is 4.47. The van der Waals surface area contributed by atoms with Crippen LogP contribution in [0.25, 0.3) is 0 Å². The molecule has 1 saturated heterocycles. The van der Waals surface area contributed by atoms with Crippen LogP contribution in [0, 0.1) is 0 Å². The number of carbonyl (C=O) groups excluding carboxylic acids is 2. The first-order valence-corrected chi connectivity index (χ1v) is 5.94. The van der Waals surface area contributed by atoms with Crippen LogP contribution in [0.2, 0.25) is 0 Å². The lowest BCUT2D eigenvalue weighted by Crippen LogP contribution is -2.54. The summed E-state index contributed by atoms with van der Waals surface area (Å²) in [6, 6.07) is -1.29. The molecule has 0 spiro atoms. The average Bonchev–Trinajstić information content (AvgIpc) is 2.68. The van der Waals surface area contributed by atoms with Gasteiger partial charge < -0.3 is 5.32 Å². The van der Waals surface area contributed by atoms with Crippen LogP contribution in [-0.2, 0) is 17.8 Å². The summed E-state index contributed by atoms with van der Waals surface area (Å²) in [4.78, 5) is 34.8. The third-order valence-electron chi connectivity index (χ3n) is 3.28. The van der Waals surface area contributed by atoms with Gasteiger partial charge in [0.15, 0.2) is 6.04 Å². The molecule has 3 heterocycles. The third kappa shape index (κ3) is 1.60. The quantitative estimate of drug-likeness (QED) is 0.652. The number of imide groups is 1. The van der Waals surface area contributed by atoms with E-state index in [0.717, 1.165) is 25.1 Å². The van der Waals surface area contributed by atoms with Crippen molar-refractivity contribution in [3.63, 3.8) is 0 Å². The molecule has 8 nitrogen and oxygen atoms in total. The summed E-state index contributed by atoms with van der Waals surface area (Å²) in [7, 11) is 0. The molecule has 0 radical (unpaired) electrons. The van der Waals surface area contributed by atoms with Crippen LogP contribution in [-0.4, -0.2) is 32.8 Å². The van der Waals surface area contributed by atoms with E-state index >= 15 is 0 Å². The Bertz CT molecular complexity index is 573. The molecule has 1 aromatic heterocycles. The lowest BCUT2D eigenvalue weighted by molar-refractivity contribution is -0.124. The van der Waals surface area contributed by atoms with E-state index in [9.17, 15) is 14.4 Å². The van der Waals surface area contributed by atoms with E-state index in [4.69, 9.17) is 0 Å². The summed E-state index contributed by atoms with van der Waals surface area (Å²) in [6.45, 7) is 0.746. The van der Waals surface area contributed by atoms with E-state index in [2.05, 4.69) is 15.7 Å². The standard InChI is InChI=1S/C10H13N5O3/c16-8-6(5-11-9(17)12-8)15-10(18)14-4-2-1-3-7(14)13-15/h6H,1-5H2,(H2,11,12,16,17). The van der Waals surface area contributed by atoms with Crippen molar-refractivity contribution in [1.29, 1.82) is 0 Å². The number of nitrogens with one attached hydrogen (secondary N) is 2. The molecule has 0 bridgehead atoms. The first kappa shape index (κ1) is 11.0.